The van der Waals surface area contributed by atoms with Crippen LogP contribution < -0.4 is 5.32 Å². The number of hydrogen-bond acceptors (Lipinski definition) is 3. The Balaban J connectivity index is 2.68. The van der Waals surface area contributed by atoms with Crippen LogP contribution in [0.3, 0.4) is 0 Å². The van der Waals surface area contributed by atoms with Gasteiger partial charge in [-0.3, -0.25) is 9.69 Å². The summed E-state index contributed by atoms with van der Waals surface area (Å²) in [7, 11) is 0. The van der Waals surface area contributed by atoms with Gasteiger partial charge in [-0.15, -0.1) is 0 Å². The van der Waals surface area contributed by atoms with E-state index < -0.39 is 5.97 Å². The molecule has 0 radical (unpaired) electrons. The van der Waals surface area contributed by atoms with E-state index in [2.05, 4.69) is 24.1 Å². The number of nitrogens with one attached hydrogen (secondary N) is 1. The molecule has 2 N–H and O–H groups in total. The SMILES string of the molecule is CCC(C(=O)O)N1CCNC(C)C1C. The molecule has 0 amide bonds. The van der Waals surface area contributed by atoms with Crippen molar-refractivity contribution in [2.24, 2.45) is 0 Å². The van der Waals surface area contributed by atoms with Gasteiger partial charge in [0.25, 0.3) is 0 Å². The van der Waals surface area contributed by atoms with Gasteiger partial charge in [0.1, 0.15) is 6.04 Å². The molecule has 1 fully saturated rings. The zero-order chi connectivity index (χ0) is 10.7. The van der Waals surface area contributed by atoms with E-state index in [-0.39, 0.29) is 6.04 Å². The molecule has 0 aromatic heterocycles. The van der Waals surface area contributed by atoms with Crippen molar-refractivity contribution in [3.8, 4) is 0 Å². The first-order valence-corrected chi connectivity index (χ1v) is 5.29. The summed E-state index contributed by atoms with van der Waals surface area (Å²) in [5.41, 5.74) is 0. The van der Waals surface area contributed by atoms with Crippen molar-refractivity contribution in [3.05, 3.63) is 0 Å². The number of piperazine rings is 1. The quantitative estimate of drug-likeness (QED) is 0.698. The van der Waals surface area contributed by atoms with Crippen molar-refractivity contribution in [1.29, 1.82) is 0 Å². The molecule has 14 heavy (non-hydrogen) atoms. The van der Waals surface area contributed by atoms with Gasteiger partial charge >= 0.3 is 5.97 Å². The first kappa shape index (κ1) is 11.5. The smallest absolute Gasteiger partial charge is 0.320 e. The zero-order valence-corrected chi connectivity index (χ0v) is 9.16. The molecule has 4 heteroatoms. The van der Waals surface area contributed by atoms with Crippen molar-refractivity contribution in [2.75, 3.05) is 13.1 Å². The lowest BCUT2D eigenvalue weighted by atomic mass is 10.0. The predicted octanol–water partition coefficient (Wildman–Crippen LogP) is 0.532. The predicted molar refractivity (Wildman–Crippen MR) is 55.3 cm³/mol. The fourth-order valence-electron chi connectivity index (χ4n) is 2.07. The van der Waals surface area contributed by atoms with Crippen LogP contribution >= 0.6 is 0 Å². The molecule has 1 aliphatic rings. The second-order valence-electron chi connectivity index (χ2n) is 3.98. The van der Waals surface area contributed by atoms with Crippen LogP contribution in [0.15, 0.2) is 0 Å². The highest BCUT2D eigenvalue weighted by Crippen LogP contribution is 2.15. The van der Waals surface area contributed by atoms with E-state index in [0.717, 1.165) is 13.1 Å². The topological polar surface area (TPSA) is 52.6 Å². The highest BCUT2D eigenvalue weighted by Gasteiger charge is 2.32. The molecule has 1 saturated heterocycles. The monoisotopic (exact) mass is 200 g/mol. The van der Waals surface area contributed by atoms with Gasteiger partial charge in [0.15, 0.2) is 0 Å². The minimum absolute atomic E-state index is 0.296. The van der Waals surface area contributed by atoms with E-state index in [1.165, 1.54) is 0 Å². The van der Waals surface area contributed by atoms with Gasteiger partial charge < -0.3 is 10.4 Å². The van der Waals surface area contributed by atoms with Gasteiger partial charge in [-0.2, -0.15) is 0 Å². The van der Waals surface area contributed by atoms with Crippen molar-refractivity contribution < 1.29 is 9.90 Å². The minimum Gasteiger partial charge on any atom is -0.480 e. The van der Waals surface area contributed by atoms with Gasteiger partial charge in [-0.1, -0.05) is 6.92 Å². The summed E-state index contributed by atoms with van der Waals surface area (Å²) in [5.74, 6) is -0.701. The van der Waals surface area contributed by atoms with E-state index in [0.29, 0.717) is 18.5 Å². The van der Waals surface area contributed by atoms with Crippen LogP contribution in [0.4, 0.5) is 0 Å². The highest BCUT2D eigenvalue weighted by molar-refractivity contribution is 5.73. The van der Waals surface area contributed by atoms with Crippen molar-refractivity contribution in [2.45, 2.75) is 45.3 Å². The fourth-order valence-corrected chi connectivity index (χ4v) is 2.07. The molecular weight excluding hydrogens is 180 g/mol. The molecule has 3 atom stereocenters. The maximum Gasteiger partial charge on any atom is 0.320 e. The fraction of sp³-hybridized carbons (Fsp3) is 0.900. The largest absolute Gasteiger partial charge is 0.480 e. The van der Waals surface area contributed by atoms with Crippen LogP contribution in [0.1, 0.15) is 27.2 Å². The number of aliphatic carboxylic acids is 1. The molecule has 1 rings (SSSR count). The molecule has 1 heterocycles. The van der Waals surface area contributed by atoms with Crippen molar-refractivity contribution in [3.63, 3.8) is 0 Å². The second kappa shape index (κ2) is 4.75. The maximum atomic E-state index is 11.0. The summed E-state index contributed by atoms with van der Waals surface area (Å²) in [4.78, 5) is 13.1. The van der Waals surface area contributed by atoms with Crippen LogP contribution in [0.5, 0.6) is 0 Å². The molecule has 1 aliphatic heterocycles. The molecule has 3 unspecified atom stereocenters. The maximum absolute atomic E-state index is 11.0. The Labute approximate surface area is 85.3 Å². The number of carboxylic acid groups (broad SMARTS) is 1. The molecule has 0 saturated carbocycles. The van der Waals surface area contributed by atoms with E-state index in [4.69, 9.17) is 5.11 Å². The van der Waals surface area contributed by atoms with Crippen LogP contribution in [0.2, 0.25) is 0 Å². The summed E-state index contributed by atoms with van der Waals surface area (Å²) in [5, 5.41) is 12.4. The standard InChI is InChI=1S/C10H20N2O2/c1-4-9(10(13)14)12-6-5-11-7(2)8(12)3/h7-9,11H,4-6H2,1-3H3,(H,13,14). The molecule has 0 spiro atoms. The summed E-state index contributed by atoms with van der Waals surface area (Å²) >= 11 is 0. The third kappa shape index (κ3) is 2.25. The average molecular weight is 200 g/mol. The molecular formula is C10H20N2O2. The second-order valence-corrected chi connectivity index (χ2v) is 3.98. The van der Waals surface area contributed by atoms with Crippen LogP contribution in [0.25, 0.3) is 0 Å². The van der Waals surface area contributed by atoms with Gasteiger partial charge in [0, 0.05) is 25.2 Å². The van der Waals surface area contributed by atoms with Gasteiger partial charge in [0.2, 0.25) is 0 Å². The normalized spacial score (nSPS) is 31.4. The summed E-state index contributed by atoms with van der Waals surface area (Å²) in [6.07, 6.45) is 0.673. The van der Waals surface area contributed by atoms with Crippen LogP contribution in [-0.4, -0.2) is 47.2 Å². The Morgan fingerprint density at radius 2 is 2.29 bits per heavy atom. The van der Waals surface area contributed by atoms with Crippen LogP contribution in [-0.2, 0) is 4.79 Å². The lowest BCUT2D eigenvalue weighted by Gasteiger charge is -2.41. The lowest BCUT2D eigenvalue weighted by molar-refractivity contribution is -0.145. The molecule has 0 aliphatic carbocycles. The summed E-state index contributed by atoms with van der Waals surface area (Å²) in [6.45, 7) is 7.83. The highest BCUT2D eigenvalue weighted by atomic mass is 16.4. The minimum atomic E-state index is -0.701. The number of carbonyl (C=O) groups is 1. The molecule has 0 aromatic rings. The van der Waals surface area contributed by atoms with E-state index in [9.17, 15) is 4.79 Å². The number of hydrogen-bond donors (Lipinski definition) is 2. The average Bonchev–Trinajstić information content (AvgIpc) is 2.13. The van der Waals surface area contributed by atoms with Crippen molar-refractivity contribution >= 4 is 5.97 Å². The van der Waals surface area contributed by atoms with E-state index in [1.807, 2.05) is 6.92 Å². The molecule has 4 nitrogen and oxygen atoms in total. The number of carboxylic acids is 1. The third-order valence-corrected chi connectivity index (χ3v) is 3.16. The Hall–Kier alpha value is -0.610. The Morgan fingerprint density at radius 3 is 2.79 bits per heavy atom. The molecule has 0 bridgehead atoms. The zero-order valence-electron chi connectivity index (χ0n) is 9.16. The Bertz CT molecular complexity index is 208. The van der Waals surface area contributed by atoms with Gasteiger partial charge in [-0.25, -0.2) is 0 Å². The lowest BCUT2D eigenvalue weighted by Crippen LogP contribution is -2.59. The van der Waals surface area contributed by atoms with Gasteiger partial charge in [0.05, 0.1) is 0 Å². The summed E-state index contributed by atoms with van der Waals surface area (Å²) in [6, 6.07) is 0.344. The van der Waals surface area contributed by atoms with Crippen LogP contribution in [0, 0.1) is 0 Å². The Kier molecular flexibility index (Phi) is 3.89. The van der Waals surface area contributed by atoms with E-state index >= 15 is 0 Å². The third-order valence-electron chi connectivity index (χ3n) is 3.16. The molecule has 82 valence electrons. The summed E-state index contributed by atoms with van der Waals surface area (Å²) < 4.78 is 0. The molecule has 0 aromatic carbocycles. The first-order valence-electron chi connectivity index (χ1n) is 5.29. The van der Waals surface area contributed by atoms with E-state index in [1.54, 1.807) is 0 Å². The Morgan fingerprint density at radius 1 is 1.64 bits per heavy atom. The first-order chi connectivity index (χ1) is 6.57. The number of rotatable bonds is 3. The van der Waals surface area contributed by atoms with Crippen molar-refractivity contribution in [1.82, 2.24) is 10.2 Å². The number of nitrogens with zero attached hydrogens (tertiary/aromatic N) is 1. The van der Waals surface area contributed by atoms with Gasteiger partial charge in [-0.05, 0) is 20.3 Å².